The first kappa shape index (κ1) is 20.3. The van der Waals surface area contributed by atoms with Crippen molar-refractivity contribution in [3.05, 3.63) is 64.7 Å². The van der Waals surface area contributed by atoms with Gasteiger partial charge in [0.05, 0.1) is 7.11 Å². The van der Waals surface area contributed by atoms with Gasteiger partial charge in [0.1, 0.15) is 17.9 Å². The van der Waals surface area contributed by atoms with Gasteiger partial charge in [0, 0.05) is 6.04 Å². The fourth-order valence-electron chi connectivity index (χ4n) is 3.44. The summed E-state index contributed by atoms with van der Waals surface area (Å²) in [6.07, 6.45) is 2.85. The van der Waals surface area contributed by atoms with Crippen LogP contribution in [0.25, 0.3) is 0 Å². The maximum atomic E-state index is 12.4. The van der Waals surface area contributed by atoms with E-state index >= 15 is 0 Å². The Morgan fingerprint density at radius 3 is 2.54 bits per heavy atom. The Morgan fingerprint density at radius 2 is 1.88 bits per heavy atom. The Balaban J connectivity index is 0.00000243. The molecule has 0 aromatic heterocycles. The van der Waals surface area contributed by atoms with Crippen molar-refractivity contribution in [3.63, 3.8) is 0 Å². The minimum absolute atomic E-state index is 0. The van der Waals surface area contributed by atoms with Gasteiger partial charge in [-0.3, -0.25) is 0 Å². The molecule has 0 fully saturated rings. The highest BCUT2D eigenvalue weighted by molar-refractivity contribution is 5.94. The molecule has 3 rings (SSSR count). The Bertz CT molecular complexity index is 746. The SMILES string of the molecule is COC(=O)c1c(OCc2ccccc2)ccc2c1CCC(N(C)C)C2.Cl. The van der Waals surface area contributed by atoms with E-state index in [0.29, 0.717) is 24.0 Å². The molecule has 1 unspecified atom stereocenters. The maximum absolute atomic E-state index is 12.4. The van der Waals surface area contributed by atoms with Gasteiger partial charge in [-0.2, -0.15) is 0 Å². The number of methoxy groups -OCH3 is 1. The number of nitrogens with zero attached hydrogens (tertiary/aromatic N) is 1. The molecular weight excluding hydrogens is 350 g/mol. The maximum Gasteiger partial charge on any atom is 0.341 e. The van der Waals surface area contributed by atoms with Crippen molar-refractivity contribution in [1.82, 2.24) is 4.90 Å². The third-order valence-electron chi connectivity index (χ3n) is 4.91. The van der Waals surface area contributed by atoms with E-state index < -0.39 is 0 Å². The average molecular weight is 376 g/mol. The lowest BCUT2D eigenvalue weighted by Crippen LogP contribution is -2.34. The van der Waals surface area contributed by atoms with E-state index in [2.05, 4.69) is 25.1 Å². The van der Waals surface area contributed by atoms with Crippen molar-refractivity contribution >= 4 is 18.4 Å². The molecule has 5 heteroatoms. The van der Waals surface area contributed by atoms with Crippen molar-refractivity contribution in [2.24, 2.45) is 0 Å². The van der Waals surface area contributed by atoms with Crippen molar-refractivity contribution in [3.8, 4) is 5.75 Å². The number of benzene rings is 2. The number of likely N-dealkylation sites (N-methyl/N-ethyl adjacent to an activating group) is 1. The summed E-state index contributed by atoms with van der Waals surface area (Å²) in [6, 6.07) is 14.5. The lowest BCUT2D eigenvalue weighted by molar-refractivity contribution is 0.0593. The van der Waals surface area contributed by atoms with E-state index in [-0.39, 0.29) is 18.4 Å². The number of halogens is 1. The third kappa shape index (κ3) is 4.37. The van der Waals surface area contributed by atoms with Crippen molar-refractivity contribution in [2.45, 2.75) is 31.9 Å². The van der Waals surface area contributed by atoms with Crippen LogP contribution in [0, 0.1) is 0 Å². The van der Waals surface area contributed by atoms with E-state index in [1.807, 2.05) is 36.4 Å². The fourth-order valence-corrected chi connectivity index (χ4v) is 3.44. The molecule has 0 radical (unpaired) electrons. The fraction of sp³-hybridized carbons (Fsp3) is 0.381. The molecule has 1 aliphatic rings. The first-order valence-electron chi connectivity index (χ1n) is 8.66. The van der Waals surface area contributed by atoms with Gasteiger partial charge >= 0.3 is 5.97 Å². The number of fused-ring (bicyclic) bond motifs is 1. The lowest BCUT2D eigenvalue weighted by atomic mass is 9.84. The second kappa shape index (κ2) is 9.06. The summed E-state index contributed by atoms with van der Waals surface area (Å²) in [5.41, 5.74) is 3.96. The molecule has 2 aromatic rings. The molecule has 140 valence electrons. The molecule has 1 atom stereocenters. The van der Waals surface area contributed by atoms with E-state index in [1.165, 1.54) is 12.7 Å². The Morgan fingerprint density at radius 1 is 1.15 bits per heavy atom. The van der Waals surface area contributed by atoms with Crippen LogP contribution in [0.4, 0.5) is 0 Å². The van der Waals surface area contributed by atoms with Gasteiger partial charge in [-0.15, -0.1) is 12.4 Å². The van der Waals surface area contributed by atoms with Crippen LogP contribution in [0.2, 0.25) is 0 Å². The molecule has 2 aromatic carbocycles. The van der Waals surface area contributed by atoms with Gasteiger partial charge in [0.15, 0.2) is 0 Å². The van der Waals surface area contributed by atoms with Gasteiger partial charge in [-0.1, -0.05) is 36.4 Å². The topological polar surface area (TPSA) is 38.8 Å². The first-order chi connectivity index (χ1) is 12.1. The molecule has 0 saturated heterocycles. The molecule has 0 aliphatic heterocycles. The number of esters is 1. The quantitative estimate of drug-likeness (QED) is 0.743. The molecule has 26 heavy (non-hydrogen) atoms. The van der Waals surface area contributed by atoms with Gasteiger partial charge in [-0.25, -0.2) is 4.79 Å². The smallest absolute Gasteiger partial charge is 0.341 e. The second-order valence-electron chi connectivity index (χ2n) is 6.70. The van der Waals surface area contributed by atoms with Crippen LogP contribution in [-0.4, -0.2) is 38.1 Å². The predicted molar refractivity (Wildman–Crippen MR) is 105 cm³/mol. The first-order valence-corrected chi connectivity index (χ1v) is 8.66. The summed E-state index contributed by atoms with van der Waals surface area (Å²) >= 11 is 0. The van der Waals surface area contributed by atoms with Crippen LogP contribution >= 0.6 is 12.4 Å². The van der Waals surface area contributed by atoms with E-state index in [1.54, 1.807) is 0 Å². The second-order valence-corrected chi connectivity index (χ2v) is 6.70. The predicted octanol–water partition coefficient (Wildman–Crippen LogP) is 3.89. The minimum Gasteiger partial charge on any atom is -0.488 e. The number of carbonyl (C=O) groups excluding carboxylic acids is 1. The Labute approximate surface area is 161 Å². The highest BCUT2D eigenvalue weighted by Crippen LogP contribution is 2.33. The molecule has 0 saturated carbocycles. The summed E-state index contributed by atoms with van der Waals surface area (Å²) in [5, 5.41) is 0. The van der Waals surface area contributed by atoms with Gasteiger partial charge in [0.2, 0.25) is 0 Å². The third-order valence-corrected chi connectivity index (χ3v) is 4.91. The summed E-state index contributed by atoms with van der Waals surface area (Å²) in [4.78, 5) is 14.7. The minimum atomic E-state index is -0.316. The van der Waals surface area contributed by atoms with Gasteiger partial charge < -0.3 is 14.4 Å². The number of rotatable bonds is 5. The number of hydrogen-bond acceptors (Lipinski definition) is 4. The summed E-state index contributed by atoms with van der Waals surface area (Å²) in [5.74, 6) is 0.293. The van der Waals surface area contributed by atoms with E-state index in [9.17, 15) is 4.79 Å². The van der Waals surface area contributed by atoms with Crippen LogP contribution < -0.4 is 4.74 Å². The van der Waals surface area contributed by atoms with Crippen molar-refractivity contribution < 1.29 is 14.3 Å². The molecule has 4 nitrogen and oxygen atoms in total. The zero-order chi connectivity index (χ0) is 17.8. The van der Waals surface area contributed by atoms with Crippen LogP contribution in [0.15, 0.2) is 42.5 Å². The van der Waals surface area contributed by atoms with Crippen LogP contribution in [0.5, 0.6) is 5.75 Å². The zero-order valence-electron chi connectivity index (χ0n) is 15.5. The summed E-state index contributed by atoms with van der Waals surface area (Å²) in [6.45, 7) is 0.434. The number of ether oxygens (including phenoxy) is 2. The highest BCUT2D eigenvalue weighted by Gasteiger charge is 2.27. The summed E-state index contributed by atoms with van der Waals surface area (Å²) in [7, 11) is 5.64. The monoisotopic (exact) mass is 375 g/mol. The molecule has 0 bridgehead atoms. The van der Waals surface area contributed by atoms with Crippen molar-refractivity contribution in [1.29, 1.82) is 0 Å². The van der Waals surface area contributed by atoms with E-state index in [0.717, 1.165) is 30.4 Å². The highest BCUT2D eigenvalue weighted by atomic mass is 35.5. The summed E-state index contributed by atoms with van der Waals surface area (Å²) < 4.78 is 11.0. The molecule has 0 N–H and O–H groups in total. The Hall–Kier alpha value is -2.04. The van der Waals surface area contributed by atoms with Crippen LogP contribution in [0.3, 0.4) is 0 Å². The zero-order valence-corrected chi connectivity index (χ0v) is 16.3. The molecule has 0 amide bonds. The van der Waals surface area contributed by atoms with Crippen LogP contribution in [-0.2, 0) is 24.2 Å². The lowest BCUT2D eigenvalue weighted by Gasteiger charge is -2.31. The molecular formula is C21H26ClNO3. The van der Waals surface area contributed by atoms with Gasteiger partial charge in [0.25, 0.3) is 0 Å². The average Bonchev–Trinajstić information content (AvgIpc) is 2.65. The molecule has 1 aliphatic carbocycles. The van der Waals surface area contributed by atoms with E-state index in [4.69, 9.17) is 9.47 Å². The largest absolute Gasteiger partial charge is 0.488 e. The van der Waals surface area contributed by atoms with Gasteiger partial charge in [-0.05, 0) is 56.1 Å². The Kier molecular flexibility index (Phi) is 7.06. The molecule has 0 heterocycles. The normalized spacial score (nSPS) is 15.8. The standard InChI is InChI=1S/C21H25NO3.ClH/c1-22(2)17-10-11-18-16(13-17)9-12-19(20(18)21(23)24-3)25-14-15-7-5-4-6-8-15;/h4-9,12,17H,10-11,13-14H2,1-3H3;1H. The number of carbonyl (C=O) groups is 1. The molecule has 0 spiro atoms. The van der Waals surface area contributed by atoms with Crippen molar-refractivity contribution in [2.75, 3.05) is 21.2 Å². The van der Waals surface area contributed by atoms with Crippen LogP contribution in [0.1, 0.15) is 33.5 Å². The number of hydrogen-bond donors (Lipinski definition) is 0.